The van der Waals surface area contributed by atoms with Gasteiger partial charge in [0, 0.05) is 6.54 Å². The smallest absolute Gasteiger partial charge is 0.0227 e. The van der Waals surface area contributed by atoms with Crippen LogP contribution in [0.15, 0.2) is 24.3 Å². The van der Waals surface area contributed by atoms with Crippen LogP contribution in [0, 0.1) is 0 Å². The van der Waals surface area contributed by atoms with Gasteiger partial charge in [0.15, 0.2) is 0 Å². The maximum Gasteiger partial charge on any atom is 0.0227 e. The molecule has 0 aliphatic heterocycles. The van der Waals surface area contributed by atoms with E-state index in [1.807, 2.05) is 13.8 Å². The fourth-order valence-corrected chi connectivity index (χ4v) is 1.42. The molecule has 1 aromatic rings. The van der Waals surface area contributed by atoms with E-state index in [2.05, 4.69) is 57.1 Å². The number of rotatable bonds is 3. The highest BCUT2D eigenvalue weighted by molar-refractivity contribution is 5.25. The molecule has 0 spiro atoms. The molecule has 15 heavy (non-hydrogen) atoms. The minimum Gasteiger partial charge on any atom is -0.305 e. The summed E-state index contributed by atoms with van der Waals surface area (Å²) in [6.45, 7) is 9.49. The topological polar surface area (TPSA) is 3.24 Å². The lowest BCUT2D eigenvalue weighted by molar-refractivity contribution is 0.402. The normalized spacial score (nSPS) is 10.1. The molecule has 0 saturated heterocycles. The van der Waals surface area contributed by atoms with Crippen molar-refractivity contribution in [2.24, 2.45) is 0 Å². The molecule has 0 heterocycles. The molecule has 0 bridgehead atoms. The molecule has 1 nitrogen and oxygen atoms in total. The fraction of sp³-hybridized carbons (Fsp3) is 0.571. The van der Waals surface area contributed by atoms with Crippen molar-refractivity contribution in [3.8, 4) is 0 Å². The summed E-state index contributed by atoms with van der Waals surface area (Å²) in [5.41, 5.74) is 2.83. The van der Waals surface area contributed by atoms with Crippen LogP contribution in [-0.2, 0) is 6.54 Å². The first kappa shape index (κ1) is 14.2. The maximum atomic E-state index is 2.30. The van der Waals surface area contributed by atoms with Crippen molar-refractivity contribution in [2.45, 2.75) is 40.2 Å². The molecule has 86 valence electrons. The van der Waals surface area contributed by atoms with Crippen LogP contribution in [0.3, 0.4) is 0 Å². The average molecular weight is 207 g/mol. The Morgan fingerprint density at radius 1 is 1.13 bits per heavy atom. The zero-order chi connectivity index (χ0) is 11.8. The predicted molar refractivity (Wildman–Crippen MR) is 69.3 cm³/mol. The molecule has 0 N–H and O–H groups in total. The third-order valence-corrected chi connectivity index (χ3v) is 2.12. The summed E-state index contributed by atoms with van der Waals surface area (Å²) in [6, 6.07) is 8.83. The molecule has 0 aliphatic rings. The van der Waals surface area contributed by atoms with Crippen LogP contribution >= 0.6 is 0 Å². The molecular formula is C14H25N. The first-order chi connectivity index (χ1) is 7.09. The minimum absolute atomic E-state index is 0.627. The van der Waals surface area contributed by atoms with E-state index in [9.17, 15) is 0 Å². The fourth-order valence-electron chi connectivity index (χ4n) is 1.42. The van der Waals surface area contributed by atoms with Crippen LogP contribution in [-0.4, -0.2) is 19.0 Å². The Morgan fingerprint density at radius 3 is 2.20 bits per heavy atom. The zero-order valence-corrected chi connectivity index (χ0v) is 11.0. The lowest BCUT2D eigenvalue weighted by Gasteiger charge is -2.12. The highest BCUT2D eigenvalue weighted by atomic mass is 15.0. The van der Waals surface area contributed by atoms with Crippen LogP contribution in [0.2, 0.25) is 0 Å². The molecular weight excluding hydrogens is 182 g/mol. The molecule has 0 saturated carbocycles. The molecule has 1 aromatic carbocycles. The highest BCUT2D eigenvalue weighted by Crippen LogP contribution is 2.15. The summed E-state index contributed by atoms with van der Waals surface area (Å²) in [4.78, 5) is 2.19. The maximum absolute atomic E-state index is 2.30. The van der Waals surface area contributed by atoms with Crippen LogP contribution in [0.5, 0.6) is 0 Å². The van der Waals surface area contributed by atoms with Gasteiger partial charge in [-0.25, -0.2) is 0 Å². The van der Waals surface area contributed by atoms with E-state index in [-0.39, 0.29) is 0 Å². The molecule has 1 rings (SSSR count). The van der Waals surface area contributed by atoms with Crippen LogP contribution < -0.4 is 0 Å². The van der Waals surface area contributed by atoms with Crippen molar-refractivity contribution in [1.29, 1.82) is 0 Å². The summed E-state index contributed by atoms with van der Waals surface area (Å²) < 4.78 is 0. The summed E-state index contributed by atoms with van der Waals surface area (Å²) in [7, 11) is 4.20. The average Bonchev–Trinajstić information content (AvgIpc) is 2.20. The van der Waals surface area contributed by atoms with E-state index in [1.54, 1.807) is 0 Å². The molecule has 0 aromatic heterocycles. The van der Waals surface area contributed by atoms with E-state index >= 15 is 0 Å². The van der Waals surface area contributed by atoms with Crippen LogP contribution in [0.4, 0.5) is 0 Å². The van der Waals surface area contributed by atoms with Gasteiger partial charge < -0.3 is 4.90 Å². The van der Waals surface area contributed by atoms with Crippen LogP contribution in [0.1, 0.15) is 44.7 Å². The number of hydrogen-bond acceptors (Lipinski definition) is 1. The van der Waals surface area contributed by atoms with Gasteiger partial charge in [0.2, 0.25) is 0 Å². The Balaban J connectivity index is 0.000000921. The van der Waals surface area contributed by atoms with Gasteiger partial charge in [-0.15, -0.1) is 0 Å². The van der Waals surface area contributed by atoms with Crippen LogP contribution in [0.25, 0.3) is 0 Å². The highest BCUT2D eigenvalue weighted by Gasteiger charge is 2.00. The van der Waals surface area contributed by atoms with E-state index in [0.29, 0.717) is 5.92 Å². The van der Waals surface area contributed by atoms with Crippen molar-refractivity contribution in [3.63, 3.8) is 0 Å². The Hall–Kier alpha value is -0.820. The van der Waals surface area contributed by atoms with Crippen molar-refractivity contribution < 1.29 is 0 Å². The first-order valence-corrected chi connectivity index (χ1v) is 5.83. The Morgan fingerprint density at radius 2 is 1.73 bits per heavy atom. The van der Waals surface area contributed by atoms with Gasteiger partial charge in [-0.05, 0) is 31.1 Å². The Labute approximate surface area is 95.1 Å². The quantitative estimate of drug-likeness (QED) is 0.726. The van der Waals surface area contributed by atoms with Crippen molar-refractivity contribution >= 4 is 0 Å². The summed E-state index contributed by atoms with van der Waals surface area (Å²) in [5, 5.41) is 0. The third-order valence-electron chi connectivity index (χ3n) is 2.12. The van der Waals surface area contributed by atoms with Gasteiger partial charge in [-0.2, -0.15) is 0 Å². The monoisotopic (exact) mass is 207 g/mol. The van der Waals surface area contributed by atoms with Gasteiger partial charge in [0.05, 0.1) is 0 Å². The number of nitrogens with zero attached hydrogens (tertiary/aromatic N) is 1. The second-order valence-electron chi connectivity index (χ2n) is 4.14. The summed E-state index contributed by atoms with van der Waals surface area (Å²) in [6.07, 6.45) is 0. The van der Waals surface area contributed by atoms with Crippen molar-refractivity contribution in [1.82, 2.24) is 4.90 Å². The van der Waals surface area contributed by atoms with E-state index in [0.717, 1.165) is 6.54 Å². The molecule has 0 amide bonds. The second-order valence-corrected chi connectivity index (χ2v) is 4.14. The second kappa shape index (κ2) is 7.47. The lowest BCUT2D eigenvalue weighted by atomic mass is 10.0. The van der Waals surface area contributed by atoms with E-state index in [1.165, 1.54) is 11.1 Å². The molecule has 1 heteroatoms. The first-order valence-electron chi connectivity index (χ1n) is 5.83. The standard InChI is InChI=1S/C12H19N.C2H6/c1-10(2)12-7-5-6-11(8-12)9-13(3)4;1-2/h5-8,10H,9H2,1-4H3;1-2H3. The SMILES string of the molecule is CC.CC(C)c1cccc(CN(C)C)c1. The Kier molecular flexibility index (Phi) is 7.06. The Bertz CT molecular complexity index is 264. The van der Waals surface area contributed by atoms with E-state index in [4.69, 9.17) is 0 Å². The molecule has 0 atom stereocenters. The molecule has 0 unspecified atom stereocenters. The zero-order valence-electron chi connectivity index (χ0n) is 11.0. The van der Waals surface area contributed by atoms with Gasteiger partial charge in [-0.1, -0.05) is 52.0 Å². The molecule has 0 aliphatic carbocycles. The number of hydrogen-bond donors (Lipinski definition) is 0. The lowest BCUT2D eigenvalue weighted by Crippen LogP contribution is -2.10. The minimum atomic E-state index is 0.627. The molecule has 0 fully saturated rings. The van der Waals surface area contributed by atoms with E-state index < -0.39 is 0 Å². The van der Waals surface area contributed by atoms with Gasteiger partial charge in [-0.3, -0.25) is 0 Å². The van der Waals surface area contributed by atoms with Gasteiger partial charge in [0.25, 0.3) is 0 Å². The van der Waals surface area contributed by atoms with Gasteiger partial charge >= 0.3 is 0 Å². The largest absolute Gasteiger partial charge is 0.305 e. The van der Waals surface area contributed by atoms with Crippen molar-refractivity contribution in [2.75, 3.05) is 14.1 Å². The summed E-state index contributed by atoms with van der Waals surface area (Å²) >= 11 is 0. The van der Waals surface area contributed by atoms with Crippen molar-refractivity contribution in [3.05, 3.63) is 35.4 Å². The van der Waals surface area contributed by atoms with Gasteiger partial charge in [0.1, 0.15) is 0 Å². The summed E-state index contributed by atoms with van der Waals surface area (Å²) in [5.74, 6) is 0.627. The predicted octanol–water partition coefficient (Wildman–Crippen LogP) is 3.90. The number of benzene rings is 1. The molecule has 0 radical (unpaired) electrons. The third kappa shape index (κ3) is 5.58.